The average Bonchev–Trinajstić information content (AvgIpc) is 2.65. The van der Waals surface area contributed by atoms with Crippen molar-refractivity contribution >= 4 is 11.6 Å². The molecule has 5 nitrogen and oxygen atoms in total. The number of hydrogen-bond donors (Lipinski definition) is 1. The fourth-order valence-corrected chi connectivity index (χ4v) is 3.26. The second kappa shape index (κ2) is 7.52. The molecule has 0 fully saturated rings. The normalized spacial score (nSPS) is 10.8. The summed E-state index contributed by atoms with van der Waals surface area (Å²) in [6.07, 6.45) is 0. The van der Waals surface area contributed by atoms with E-state index in [0.717, 1.165) is 16.7 Å². The van der Waals surface area contributed by atoms with Crippen LogP contribution in [-0.4, -0.2) is 23.9 Å². The highest BCUT2D eigenvalue weighted by atomic mass is 35.5. The molecule has 0 bridgehead atoms. The first-order chi connectivity index (χ1) is 13.3. The van der Waals surface area contributed by atoms with Crippen molar-refractivity contribution in [3.05, 3.63) is 63.4 Å². The highest BCUT2D eigenvalue weighted by Gasteiger charge is 2.23. The van der Waals surface area contributed by atoms with Crippen LogP contribution in [0, 0.1) is 11.6 Å². The third-order valence-corrected chi connectivity index (χ3v) is 4.73. The molecule has 1 heterocycles. The number of hydrogen-bond acceptors (Lipinski definition) is 4. The van der Waals surface area contributed by atoms with Crippen LogP contribution < -0.4 is 15.0 Å². The maximum atomic E-state index is 14.6. The van der Waals surface area contributed by atoms with Gasteiger partial charge in [-0.1, -0.05) is 11.6 Å². The lowest BCUT2D eigenvalue weighted by Gasteiger charge is -2.18. The minimum Gasteiger partial charge on any atom is -0.508 e. The first-order valence-corrected chi connectivity index (χ1v) is 8.46. The number of aromatic hydroxyl groups is 1. The van der Waals surface area contributed by atoms with E-state index in [0.29, 0.717) is 17.1 Å². The van der Waals surface area contributed by atoms with Gasteiger partial charge in [0, 0.05) is 42.4 Å². The second-order valence-electron chi connectivity index (χ2n) is 5.97. The summed E-state index contributed by atoms with van der Waals surface area (Å²) in [6, 6.07) is 7.36. The molecule has 3 rings (SSSR count). The third-order valence-electron chi connectivity index (χ3n) is 4.34. The number of halogens is 3. The van der Waals surface area contributed by atoms with Crippen LogP contribution in [0.5, 0.6) is 17.2 Å². The standard InChI is InChI=1S/C20H16ClF2NO4/c1-24-17(26)5-4-12(13-8-11(27-2)9-16(28-3)19(13)21)20(24)18-14(22)6-10(25)7-15(18)23/h4-9,25H,1-3H3. The van der Waals surface area contributed by atoms with E-state index >= 15 is 0 Å². The Bertz CT molecular complexity index is 1100. The van der Waals surface area contributed by atoms with Crippen LogP contribution in [0.15, 0.2) is 41.2 Å². The molecule has 146 valence electrons. The molecule has 0 amide bonds. The molecule has 3 aromatic rings. The number of ether oxygens (including phenoxy) is 2. The largest absolute Gasteiger partial charge is 0.508 e. The smallest absolute Gasteiger partial charge is 0.250 e. The maximum Gasteiger partial charge on any atom is 0.250 e. The van der Waals surface area contributed by atoms with Crippen LogP contribution in [0.3, 0.4) is 0 Å². The number of benzene rings is 2. The van der Waals surface area contributed by atoms with Gasteiger partial charge in [0.1, 0.15) is 28.9 Å². The van der Waals surface area contributed by atoms with Crippen LogP contribution in [0.4, 0.5) is 8.78 Å². The van der Waals surface area contributed by atoms with Crippen LogP contribution >= 0.6 is 11.6 Å². The Labute approximate surface area is 164 Å². The number of aromatic nitrogens is 1. The Morgan fingerprint density at radius 2 is 1.64 bits per heavy atom. The van der Waals surface area contributed by atoms with Crippen molar-refractivity contribution in [2.45, 2.75) is 0 Å². The first-order valence-electron chi connectivity index (χ1n) is 8.08. The summed E-state index contributed by atoms with van der Waals surface area (Å²) < 4.78 is 40.8. The molecule has 0 aliphatic rings. The van der Waals surface area contributed by atoms with E-state index in [2.05, 4.69) is 0 Å². The number of phenolic OH excluding ortho intramolecular Hbond substituents is 1. The average molecular weight is 408 g/mol. The minimum absolute atomic E-state index is 0.0419. The summed E-state index contributed by atoms with van der Waals surface area (Å²) in [6.45, 7) is 0. The van der Waals surface area contributed by atoms with E-state index in [9.17, 15) is 18.7 Å². The Morgan fingerprint density at radius 3 is 2.21 bits per heavy atom. The van der Waals surface area contributed by atoms with Gasteiger partial charge in [0.25, 0.3) is 5.56 Å². The topological polar surface area (TPSA) is 60.7 Å². The van der Waals surface area contributed by atoms with Crippen molar-refractivity contribution in [3.63, 3.8) is 0 Å². The number of nitrogens with zero attached hydrogens (tertiary/aromatic N) is 1. The SMILES string of the molecule is COc1cc(OC)c(Cl)c(-c2ccc(=O)n(C)c2-c2c(F)cc(O)cc2F)c1. The summed E-state index contributed by atoms with van der Waals surface area (Å²) >= 11 is 6.43. The lowest BCUT2D eigenvalue weighted by molar-refractivity contribution is 0.395. The molecule has 0 spiro atoms. The molecule has 2 aromatic carbocycles. The molecule has 28 heavy (non-hydrogen) atoms. The van der Waals surface area contributed by atoms with E-state index in [1.54, 1.807) is 12.1 Å². The highest BCUT2D eigenvalue weighted by Crippen LogP contribution is 2.43. The molecule has 0 radical (unpaired) electrons. The van der Waals surface area contributed by atoms with Gasteiger partial charge in [-0.05, 0) is 12.1 Å². The van der Waals surface area contributed by atoms with E-state index in [1.165, 1.54) is 33.4 Å². The summed E-state index contributed by atoms with van der Waals surface area (Å²) in [7, 11) is 4.26. The predicted molar refractivity (Wildman–Crippen MR) is 102 cm³/mol. The van der Waals surface area contributed by atoms with Crippen LogP contribution in [0.1, 0.15) is 0 Å². The molecule has 0 saturated heterocycles. The monoisotopic (exact) mass is 407 g/mol. The van der Waals surface area contributed by atoms with E-state index in [1.807, 2.05) is 0 Å². The fourth-order valence-electron chi connectivity index (χ4n) is 2.98. The molecular weight excluding hydrogens is 392 g/mol. The molecule has 0 aliphatic heterocycles. The van der Waals surface area contributed by atoms with E-state index in [4.69, 9.17) is 21.1 Å². The fraction of sp³-hybridized carbons (Fsp3) is 0.150. The van der Waals surface area contributed by atoms with Gasteiger partial charge in [0.15, 0.2) is 0 Å². The zero-order valence-corrected chi connectivity index (χ0v) is 16.0. The Kier molecular flexibility index (Phi) is 5.29. The van der Waals surface area contributed by atoms with Crippen molar-refractivity contribution in [3.8, 4) is 39.6 Å². The van der Waals surface area contributed by atoms with Crippen molar-refractivity contribution in [1.82, 2.24) is 4.57 Å². The molecular formula is C20H16ClF2NO4. The van der Waals surface area contributed by atoms with Crippen LogP contribution in [-0.2, 0) is 7.05 Å². The predicted octanol–water partition coefficient (Wildman–Crippen LogP) is 4.37. The van der Waals surface area contributed by atoms with Crippen LogP contribution in [0.25, 0.3) is 22.4 Å². The van der Waals surface area contributed by atoms with Gasteiger partial charge in [0.2, 0.25) is 0 Å². The summed E-state index contributed by atoms with van der Waals surface area (Å²) in [5, 5.41) is 9.64. The minimum atomic E-state index is -1.02. The van der Waals surface area contributed by atoms with Crippen molar-refractivity contribution in [2.24, 2.45) is 7.05 Å². The molecule has 0 atom stereocenters. The lowest BCUT2D eigenvalue weighted by atomic mass is 9.97. The molecule has 1 aromatic heterocycles. The van der Waals surface area contributed by atoms with Crippen molar-refractivity contribution < 1.29 is 23.4 Å². The first kappa shape index (κ1) is 19.7. The molecule has 0 unspecified atom stereocenters. The summed E-state index contributed by atoms with van der Waals surface area (Å²) in [5.41, 5.74) is -0.342. The van der Waals surface area contributed by atoms with Crippen LogP contribution in [0.2, 0.25) is 5.02 Å². The summed E-state index contributed by atoms with van der Waals surface area (Å²) in [5.74, 6) is -1.91. The lowest BCUT2D eigenvalue weighted by Crippen LogP contribution is -2.18. The number of methoxy groups -OCH3 is 2. The van der Waals surface area contributed by atoms with Gasteiger partial charge in [-0.3, -0.25) is 4.79 Å². The van der Waals surface area contributed by atoms with E-state index < -0.39 is 28.5 Å². The highest BCUT2D eigenvalue weighted by molar-refractivity contribution is 6.35. The summed E-state index contributed by atoms with van der Waals surface area (Å²) in [4.78, 5) is 12.2. The number of pyridine rings is 1. The van der Waals surface area contributed by atoms with Gasteiger partial charge < -0.3 is 19.1 Å². The van der Waals surface area contributed by atoms with Gasteiger partial charge in [-0.25, -0.2) is 8.78 Å². The second-order valence-corrected chi connectivity index (χ2v) is 6.35. The molecule has 1 N–H and O–H groups in total. The zero-order valence-electron chi connectivity index (χ0n) is 15.2. The van der Waals surface area contributed by atoms with Gasteiger partial charge >= 0.3 is 0 Å². The maximum absolute atomic E-state index is 14.6. The Morgan fingerprint density at radius 1 is 1.00 bits per heavy atom. The number of phenols is 1. The zero-order chi connectivity index (χ0) is 20.6. The molecule has 0 saturated carbocycles. The van der Waals surface area contributed by atoms with Crippen molar-refractivity contribution in [1.29, 1.82) is 0 Å². The third kappa shape index (κ3) is 3.29. The Balaban J connectivity index is 2.44. The molecule has 0 aliphatic carbocycles. The van der Waals surface area contributed by atoms with Crippen molar-refractivity contribution in [2.75, 3.05) is 14.2 Å². The Hall–Kier alpha value is -3.06. The van der Waals surface area contributed by atoms with Gasteiger partial charge in [-0.2, -0.15) is 0 Å². The van der Waals surface area contributed by atoms with Gasteiger partial charge in [-0.15, -0.1) is 0 Å². The number of rotatable bonds is 4. The van der Waals surface area contributed by atoms with Gasteiger partial charge in [0.05, 0.1) is 30.5 Å². The van der Waals surface area contributed by atoms with E-state index in [-0.39, 0.29) is 16.3 Å². The quantitative estimate of drug-likeness (QED) is 0.697. The molecule has 8 heteroatoms.